The molecule has 0 spiro atoms. The minimum atomic E-state index is -1.69. The number of carboxylic acid groups (broad SMARTS) is 3. The molecule has 0 saturated carbocycles. The highest BCUT2D eigenvalue weighted by Gasteiger charge is 2.34. The number of amides is 6. The number of hydrogen-bond acceptors (Lipinski definition) is 10. The molecular weight excluding hydrogens is 859 g/mol. The molecule has 0 aliphatic rings. The Morgan fingerprint density at radius 1 is 0.500 bits per heavy atom. The normalized spacial score (nSPS) is 13.8. The number of carbonyl (C=O) groups is 9. The zero-order valence-electron chi connectivity index (χ0n) is 35.5. The van der Waals surface area contributed by atoms with Crippen molar-refractivity contribution in [3.8, 4) is 0 Å². The van der Waals surface area contributed by atoms with Gasteiger partial charge in [0.25, 0.3) is 0 Å². The lowest BCUT2D eigenvalue weighted by atomic mass is 10.0. The highest BCUT2D eigenvalue weighted by molar-refractivity contribution is 5.98. The van der Waals surface area contributed by atoms with Crippen LogP contribution in [0.3, 0.4) is 0 Å². The Bertz CT molecular complexity index is 2580. The van der Waals surface area contributed by atoms with Crippen LogP contribution < -0.4 is 38.1 Å². The van der Waals surface area contributed by atoms with E-state index in [1.54, 1.807) is 91.3 Å². The van der Waals surface area contributed by atoms with Gasteiger partial charge < -0.3 is 63.3 Å². The van der Waals surface area contributed by atoms with Crippen molar-refractivity contribution in [2.45, 2.75) is 87.6 Å². The quantitative estimate of drug-likeness (QED) is 0.0371. The first kappa shape index (κ1) is 49.0. The highest BCUT2D eigenvalue weighted by atomic mass is 16.4. The Balaban J connectivity index is 1.41. The zero-order valence-corrected chi connectivity index (χ0v) is 35.5. The van der Waals surface area contributed by atoms with Crippen molar-refractivity contribution in [1.29, 1.82) is 0 Å². The number of fused-ring (bicyclic) bond motifs is 2. The minimum absolute atomic E-state index is 0.0993. The predicted octanol–water partition coefficient (Wildman–Crippen LogP) is 0.118. The standard InChI is InChI=1S/C45H51N9O12/c46-29(21-39(58)59)40(60)52-34(19-25-22-48-30-12-6-4-10-27(25)30)43(63)51-33(15-17-38(56)57)41(61)50-32(14-16-37(47)55)42(62)53-35(20-26-23-49-31-13-7-5-11-28(26)31)44(64)54-36(45(65)66)18-24-8-2-1-3-9-24/h1-13,22-23,29,32-36,48-49H,14-21,46H2,(H2,47,55)(H,50,61)(H,51,63)(H,52,60)(H,53,62)(H,54,64)(H,56,57)(H,58,59)(H,65,66)/t29-,32-,33-,34-,35-,36-/m0/s1. The van der Waals surface area contributed by atoms with Crippen LogP contribution in [0.2, 0.25) is 0 Å². The van der Waals surface area contributed by atoms with Crippen LogP contribution in [0.25, 0.3) is 21.8 Å². The molecule has 14 N–H and O–H groups in total. The second kappa shape index (κ2) is 23.0. The third-order valence-corrected chi connectivity index (χ3v) is 10.7. The smallest absolute Gasteiger partial charge is 0.326 e. The van der Waals surface area contributed by atoms with Crippen molar-refractivity contribution in [3.05, 3.63) is 108 Å². The third kappa shape index (κ3) is 14.0. The van der Waals surface area contributed by atoms with Gasteiger partial charge in [0.05, 0.1) is 12.5 Å². The first-order valence-electron chi connectivity index (χ1n) is 20.8. The summed E-state index contributed by atoms with van der Waals surface area (Å²) in [5.74, 6) is -9.97. The van der Waals surface area contributed by atoms with E-state index >= 15 is 0 Å². The van der Waals surface area contributed by atoms with Crippen LogP contribution in [-0.2, 0) is 62.4 Å². The molecule has 5 aromatic rings. The van der Waals surface area contributed by atoms with E-state index in [2.05, 4.69) is 36.6 Å². The van der Waals surface area contributed by atoms with Gasteiger partial charge >= 0.3 is 17.9 Å². The lowest BCUT2D eigenvalue weighted by Crippen LogP contribution is -2.60. The van der Waals surface area contributed by atoms with Gasteiger partial charge in [-0.1, -0.05) is 66.7 Å². The first-order valence-corrected chi connectivity index (χ1v) is 20.8. The topological polar surface area (TPSA) is 358 Å². The summed E-state index contributed by atoms with van der Waals surface area (Å²) in [6.07, 6.45) is -0.140. The summed E-state index contributed by atoms with van der Waals surface area (Å²) in [4.78, 5) is 123. The average Bonchev–Trinajstić information content (AvgIpc) is 3.89. The molecule has 0 radical (unpaired) electrons. The van der Waals surface area contributed by atoms with Gasteiger partial charge in [0.1, 0.15) is 30.2 Å². The first-order chi connectivity index (χ1) is 31.5. The fourth-order valence-corrected chi connectivity index (χ4v) is 7.25. The van der Waals surface area contributed by atoms with Crippen molar-refractivity contribution in [1.82, 2.24) is 36.6 Å². The maximum Gasteiger partial charge on any atom is 0.326 e. The maximum atomic E-state index is 14.2. The molecule has 2 aromatic heterocycles. The average molecular weight is 910 g/mol. The largest absolute Gasteiger partial charge is 0.481 e. The molecule has 66 heavy (non-hydrogen) atoms. The molecule has 21 heteroatoms. The van der Waals surface area contributed by atoms with Crippen LogP contribution in [0.1, 0.15) is 48.8 Å². The number of aromatic nitrogens is 2. The van der Waals surface area contributed by atoms with E-state index in [4.69, 9.17) is 11.5 Å². The van der Waals surface area contributed by atoms with E-state index in [1.165, 1.54) is 0 Å². The molecule has 2 heterocycles. The molecule has 6 atom stereocenters. The van der Waals surface area contributed by atoms with Gasteiger partial charge in [-0.25, -0.2) is 4.79 Å². The number of carboxylic acids is 3. The highest BCUT2D eigenvalue weighted by Crippen LogP contribution is 2.21. The van der Waals surface area contributed by atoms with Crippen molar-refractivity contribution in [3.63, 3.8) is 0 Å². The van der Waals surface area contributed by atoms with Crippen LogP contribution in [0.15, 0.2) is 91.3 Å². The predicted molar refractivity (Wildman–Crippen MR) is 237 cm³/mol. The fourth-order valence-electron chi connectivity index (χ4n) is 7.25. The Hall–Kier alpha value is -8.07. The number of benzene rings is 3. The van der Waals surface area contributed by atoms with E-state index < -0.39 is 122 Å². The molecular formula is C45H51N9O12. The van der Waals surface area contributed by atoms with Gasteiger partial charge in [-0.05, 0) is 41.7 Å². The van der Waals surface area contributed by atoms with Gasteiger partial charge in [-0.15, -0.1) is 0 Å². The van der Waals surface area contributed by atoms with Crippen molar-refractivity contribution >= 4 is 75.2 Å². The molecule has 6 amide bonds. The summed E-state index contributed by atoms with van der Waals surface area (Å²) in [5.41, 5.74) is 14.3. The Kier molecular flexibility index (Phi) is 17.1. The molecule has 0 aliphatic heterocycles. The summed E-state index contributed by atoms with van der Waals surface area (Å²) in [6, 6.07) is 13.4. The number of rotatable bonds is 25. The molecule has 0 unspecified atom stereocenters. The molecule has 3 aromatic carbocycles. The van der Waals surface area contributed by atoms with Crippen LogP contribution in [0.4, 0.5) is 0 Å². The molecule has 21 nitrogen and oxygen atoms in total. The number of para-hydroxylation sites is 2. The second-order valence-corrected chi connectivity index (χ2v) is 15.6. The van der Waals surface area contributed by atoms with Gasteiger partial charge in [-0.3, -0.25) is 38.4 Å². The van der Waals surface area contributed by atoms with Gasteiger partial charge in [0.2, 0.25) is 35.4 Å². The molecule has 0 bridgehead atoms. The number of nitrogens with two attached hydrogens (primary N) is 2. The Morgan fingerprint density at radius 3 is 1.39 bits per heavy atom. The van der Waals surface area contributed by atoms with E-state index in [0.717, 1.165) is 0 Å². The fraction of sp³-hybridized carbons (Fsp3) is 0.311. The second-order valence-electron chi connectivity index (χ2n) is 15.6. The molecule has 5 rings (SSSR count). The molecule has 0 saturated heterocycles. The lowest BCUT2D eigenvalue weighted by molar-refractivity contribution is -0.142. The summed E-state index contributed by atoms with van der Waals surface area (Å²) in [5, 5.41) is 42.6. The van der Waals surface area contributed by atoms with Crippen LogP contribution in [0.5, 0.6) is 0 Å². The number of aliphatic carboxylic acids is 3. The molecule has 0 fully saturated rings. The summed E-state index contributed by atoms with van der Waals surface area (Å²) < 4.78 is 0. The van der Waals surface area contributed by atoms with Gasteiger partial charge in [0.15, 0.2) is 0 Å². The van der Waals surface area contributed by atoms with E-state index in [1.807, 2.05) is 0 Å². The van der Waals surface area contributed by atoms with Crippen LogP contribution in [0, 0.1) is 0 Å². The van der Waals surface area contributed by atoms with Gasteiger partial charge in [-0.2, -0.15) is 0 Å². The van der Waals surface area contributed by atoms with E-state index in [0.29, 0.717) is 38.5 Å². The van der Waals surface area contributed by atoms with Crippen molar-refractivity contribution < 1.29 is 58.5 Å². The van der Waals surface area contributed by atoms with E-state index in [9.17, 15) is 58.5 Å². The Morgan fingerprint density at radius 2 is 0.924 bits per heavy atom. The van der Waals surface area contributed by atoms with E-state index in [-0.39, 0.29) is 19.3 Å². The monoisotopic (exact) mass is 909 g/mol. The van der Waals surface area contributed by atoms with Crippen LogP contribution >= 0.6 is 0 Å². The third-order valence-electron chi connectivity index (χ3n) is 10.7. The summed E-state index contributed by atoms with van der Waals surface area (Å²) in [7, 11) is 0. The van der Waals surface area contributed by atoms with Crippen molar-refractivity contribution in [2.75, 3.05) is 0 Å². The number of nitrogens with one attached hydrogen (secondary N) is 7. The lowest BCUT2D eigenvalue weighted by Gasteiger charge is -2.27. The number of H-pyrrole nitrogens is 2. The summed E-state index contributed by atoms with van der Waals surface area (Å²) >= 11 is 0. The van der Waals surface area contributed by atoms with Crippen molar-refractivity contribution in [2.24, 2.45) is 11.5 Å². The minimum Gasteiger partial charge on any atom is -0.481 e. The number of aromatic amines is 2. The Labute approximate surface area is 376 Å². The maximum absolute atomic E-state index is 14.2. The summed E-state index contributed by atoms with van der Waals surface area (Å²) in [6.45, 7) is 0. The molecule has 348 valence electrons. The SMILES string of the molecule is NC(=O)CC[C@H](NC(=O)[C@H](CCC(=O)O)NC(=O)[C@H](Cc1c[nH]c2ccccc12)NC(=O)[C@@H](N)CC(=O)O)C(=O)N[C@@H](Cc1c[nH]c2ccccc12)C(=O)N[C@@H](Cc1ccccc1)C(=O)O. The number of hydrogen-bond donors (Lipinski definition) is 12. The number of primary amides is 1. The molecule has 0 aliphatic carbocycles. The van der Waals surface area contributed by atoms with Gasteiger partial charge in [0, 0.05) is 66.3 Å². The number of carbonyl (C=O) groups excluding carboxylic acids is 6. The zero-order chi connectivity index (χ0) is 47.9. The van der Waals surface area contributed by atoms with Crippen LogP contribution in [-0.4, -0.2) is 115 Å².